The quantitative estimate of drug-likeness (QED) is 0.320. The van der Waals surface area contributed by atoms with Crippen LogP contribution in [0.3, 0.4) is 0 Å². The smallest absolute Gasteiger partial charge is 0.363 e. The van der Waals surface area contributed by atoms with E-state index >= 15 is 0 Å². The van der Waals surface area contributed by atoms with Gasteiger partial charge in [0.15, 0.2) is 5.70 Å². The predicted molar refractivity (Wildman–Crippen MR) is 101 cm³/mol. The molecule has 1 heterocycles. The number of aliphatic imine (C=N–C) groups is 1. The van der Waals surface area contributed by atoms with E-state index in [1.165, 1.54) is 0 Å². The Morgan fingerprint density at radius 2 is 1.83 bits per heavy atom. The Balaban J connectivity index is 2.01. The first-order valence-electron chi connectivity index (χ1n) is 6.37. The molecule has 0 atom stereocenters. The monoisotopic (exact) mass is 477 g/mol. The minimum atomic E-state index is -0.555. The van der Waals surface area contributed by atoms with Crippen LogP contribution >= 0.6 is 57.4 Å². The van der Waals surface area contributed by atoms with Crippen LogP contribution in [0, 0.1) is 3.57 Å². The van der Waals surface area contributed by atoms with Crippen molar-refractivity contribution < 1.29 is 9.53 Å². The molecular weight excluding hydrogens is 471 g/mol. The van der Waals surface area contributed by atoms with Gasteiger partial charge in [-0.1, -0.05) is 40.9 Å². The lowest BCUT2D eigenvalue weighted by atomic mass is 10.2. The summed E-state index contributed by atoms with van der Waals surface area (Å²) < 4.78 is 6.17. The molecule has 0 amide bonds. The van der Waals surface area contributed by atoms with Crippen molar-refractivity contribution in [3.63, 3.8) is 0 Å². The summed E-state index contributed by atoms with van der Waals surface area (Å²) in [5.41, 5.74) is 1.35. The highest BCUT2D eigenvalue weighted by Crippen LogP contribution is 2.27. The van der Waals surface area contributed by atoms with Gasteiger partial charge in [-0.25, -0.2) is 9.79 Å². The second-order valence-corrected chi connectivity index (χ2v) is 7.12. The number of cyclic esters (lactones) is 1. The van der Waals surface area contributed by atoms with Crippen molar-refractivity contribution in [3.05, 3.63) is 71.9 Å². The highest BCUT2D eigenvalue weighted by molar-refractivity contribution is 14.1. The van der Waals surface area contributed by atoms with E-state index in [9.17, 15) is 4.79 Å². The summed E-state index contributed by atoms with van der Waals surface area (Å²) in [7, 11) is 0. The number of carbonyl (C=O) groups excluding carboxylic acids is 1. The van der Waals surface area contributed by atoms with Crippen molar-refractivity contribution in [2.45, 2.75) is 0 Å². The molecule has 0 saturated carbocycles. The molecule has 0 spiro atoms. The molecule has 0 bridgehead atoms. The summed E-state index contributed by atoms with van der Waals surface area (Å²) in [4.78, 5) is 16.2. The van der Waals surface area contributed by atoms with Crippen LogP contribution in [0.4, 0.5) is 0 Å². The first-order valence-corrected chi connectivity index (χ1v) is 8.58. The average Bonchev–Trinajstić information content (AvgIpc) is 2.85. The molecule has 116 valence electrons. The summed E-state index contributed by atoms with van der Waals surface area (Å²) in [6.07, 6.45) is 1.55. The van der Waals surface area contributed by atoms with Crippen LogP contribution in [0.15, 0.2) is 47.1 Å². The highest BCUT2D eigenvalue weighted by Gasteiger charge is 2.26. The molecule has 2 aromatic carbocycles. The molecule has 1 aliphatic rings. The van der Waals surface area contributed by atoms with Gasteiger partial charge in [0.2, 0.25) is 5.90 Å². The molecule has 0 unspecified atom stereocenters. The van der Waals surface area contributed by atoms with Gasteiger partial charge in [0.1, 0.15) is 0 Å². The first kappa shape index (κ1) is 16.8. The molecule has 0 radical (unpaired) electrons. The van der Waals surface area contributed by atoms with Crippen molar-refractivity contribution in [1.29, 1.82) is 0 Å². The zero-order chi connectivity index (χ0) is 16.6. The molecule has 23 heavy (non-hydrogen) atoms. The van der Waals surface area contributed by atoms with E-state index in [0.717, 1.165) is 3.57 Å². The Hall–Kier alpha value is -1.08. The van der Waals surface area contributed by atoms with Gasteiger partial charge in [0.05, 0.1) is 10.6 Å². The Morgan fingerprint density at radius 1 is 1.04 bits per heavy atom. The minimum Gasteiger partial charge on any atom is -0.402 e. The van der Waals surface area contributed by atoms with E-state index in [1.54, 1.807) is 36.4 Å². The van der Waals surface area contributed by atoms with Crippen molar-refractivity contribution in [1.82, 2.24) is 0 Å². The van der Waals surface area contributed by atoms with Gasteiger partial charge in [0.25, 0.3) is 0 Å². The molecule has 0 N–H and O–H groups in total. The zero-order valence-corrected chi connectivity index (χ0v) is 15.7. The fourth-order valence-corrected chi connectivity index (χ4v) is 3.10. The molecule has 2 aromatic rings. The fraction of sp³-hybridized carbons (Fsp3) is 0. The number of ether oxygens (including phenoxy) is 1. The van der Waals surface area contributed by atoms with Crippen LogP contribution in [0.25, 0.3) is 6.08 Å². The van der Waals surface area contributed by atoms with Crippen LogP contribution < -0.4 is 0 Å². The van der Waals surface area contributed by atoms with Crippen LogP contribution in [-0.2, 0) is 9.53 Å². The summed E-state index contributed by atoms with van der Waals surface area (Å²) in [5.74, 6) is -0.379. The number of nitrogens with zero attached hydrogens (tertiary/aromatic N) is 1. The maximum absolute atomic E-state index is 12.0. The summed E-state index contributed by atoms with van der Waals surface area (Å²) in [6, 6.07) is 10.4. The molecule has 0 aromatic heterocycles. The van der Waals surface area contributed by atoms with Gasteiger partial charge in [-0.3, -0.25) is 0 Å². The molecule has 0 fully saturated rings. The van der Waals surface area contributed by atoms with Gasteiger partial charge in [-0.15, -0.1) is 0 Å². The van der Waals surface area contributed by atoms with Gasteiger partial charge < -0.3 is 4.74 Å². The number of hydrogen-bond acceptors (Lipinski definition) is 3. The Morgan fingerprint density at radius 3 is 2.57 bits per heavy atom. The lowest BCUT2D eigenvalue weighted by Gasteiger charge is -2.02. The summed E-state index contributed by atoms with van der Waals surface area (Å²) in [5, 5.41) is 1.40. The number of esters is 1. The second-order valence-electron chi connectivity index (χ2n) is 4.63. The van der Waals surface area contributed by atoms with Crippen LogP contribution in [0.5, 0.6) is 0 Å². The Bertz CT molecular complexity index is 878. The molecule has 0 aliphatic carbocycles. The van der Waals surface area contributed by atoms with Crippen molar-refractivity contribution in [2.75, 3.05) is 0 Å². The zero-order valence-electron chi connectivity index (χ0n) is 11.3. The number of benzene rings is 2. The third-order valence-electron chi connectivity index (χ3n) is 3.03. The number of rotatable bonds is 2. The third kappa shape index (κ3) is 3.71. The Labute approximate surface area is 161 Å². The lowest BCUT2D eigenvalue weighted by molar-refractivity contribution is -0.129. The van der Waals surface area contributed by atoms with Crippen LogP contribution in [0.1, 0.15) is 11.1 Å². The maximum Gasteiger partial charge on any atom is 0.363 e. The standard InChI is InChI=1S/C16H7Cl3INO2/c17-9-2-1-8(13(19)6-9)5-14-16(22)23-15(21-14)11-7-10(20)3-4-12(11)18/h1-7H. The van der Waals surface area contributed by atoms with Crippen molar-refractivity contribution >= 4 is 75.3 Å². The lowest BCUT2D eigenvalue weighted by Crippen LogP contribution is -2.06. The topological polar surface area (TPSA) is 38.7 Å². The van der Waals surface area contributed by atoms with E-state index in [-0.39, 0.29) is 11.6 Å². The van der Waals surface area contributed by atoms with Gasteiger partial charge >= 0.3 is 5.97 Å². The summed E-state index contributed by atoms with van der Waals surface area (Å²) in [6.45, 7) is 0. The van der Waals surface area contributed by atoms with Gasteiger partial charge in [-0.05, 0) is 64.6 Å². The van der Waals surface area contributed by atoms with E-state index in [0.29, 0.717) is 26.2 Å². The summed E-state index contributed by atoms with van der Waals surface area (Å²) >= 11 is 20.3. The molecule has 3 rings (SSSR count). The van der Waals surface area contributed by atoms with Crippen LogP contribution in [-0.4, -0.2) is 11.9 Å². The number of halogens is 4. The van der Waals surface area contributed by atoms with E-state index in [2.05, 4.69) is 27.6 Å². The second kappa shape index (κ2) is 6.81. The van der Waals surface area contributed by atoms with E-state index in [1.807, 2.05) is 6.07 Å². The predicted octanol–water partition coefficient (Wildman–Crippen LogP) is 5.60. The molecule has 7 heteroatoms. The largest absolute Gasteiger partial charge is 0.402 e. The van der Waals surface area contributed by atoms with E-state index in [4.69, 9.17) is 39.5 Å². The normalized spacial score (nSPS) is 15.7. The minimum absolute atomic E-state index is 0.152. The molecule has 3 nitrogen and oxygen atoms in total. The van der Waals surface area contributed by atoms with E-state index < -0.39 is 5.97 Å². The van der Waals surface area contributed by atoms with Crippen molar-refractivity contribution in [2.24, 2.45) is 4.99 Å². The highest BCUT2D eigenvalue weighted by atomic mass is 127. The van der Waals surface area contributed by atoms with Gasteiger partial charge in [0, 0.05) is 13.6 Å². The molecule has 0 saturated heterocycles. The average molecular weight is 479 g/mol. The number of carbonyl (C=O) groups is 1. The first-order chi connectivity index (χ1) is 10.9. The SMILES string of the molecule is O=C1OC(c2cc(I)ccc2Cl)=NC1=Cc1ccc(Cl)cc1Cl. The Kier molecular flexibility index (Phi) is 4.96. The molecular formula is C16H7Cl3INO2. The van der Waals surface area contributed by atoms with Crippen LogP contribution in [0.2, 0.25) is 15.1 Å². The van der Waals surface area contributed by atoms with Crippen molar-refractivity contribution in [3.8, 4) is 0 Å². The maximum atomic E-state index is 12.0. The van der Waals surface area contributed by atoms with Gasteiger partial charge in [-0.2, -0.15) is 0 Å². The third-order valence-corrected chi connectivity index (χ3v) is 4.60. The fourth-order valence-electron chi connectivity index (χ4n) is 1.95. The number of hydrogen-bond donors (Lipinski definition) is 0. The molecule has 1 aliphatic heterocycles.